The van der Waals surface area contributed by atoms with Gasteiger partial charge in [0.05, 0.1) is 6.10 Å². The lowest BCUT2D eigenvalue weighted by atomic mass is 10.1. The van der Waals surface area contributed by atoms with E-state index in [1.807, 2.05) is 0 Å². The summed E-state index contributed by atoms with van der Waals surface area (Å²) < 4.78 is 0. The highest BCUT2D eigenvalue weighted by Gasteiger charge is 2.05. The molecule has 52 valence electrons. The lowest BCUT2D eigenvalue weighted by molar-refractivity contribution is -0.118. The number of ketones is 1. The van der Waals surface area contributed by atoms with Gasteiger partial charge < -0.3 is 5.11 Å². The maximum atomic E-state index is 10.4. The van der Waals surface area contributed by atoms with Crippen LogP contribution in [0.25, 0.3) is 0 Å². The van der Waals surface area contributed by atoms with Gasteiger partial charge in [-0.25, -0.2) is 0 Å². The van der Waals surface area contributed by atoms with Crippen LogP contribution in [0.4, 0.5) is 0 Å². The van der Waals surface area contributed by atoms with Crippen molar-refractivity contribution in [2.45, 2.75) is 26.4 Å². The summed E-state index contributed by atoms with van der Waals surface area (Å²) in [7, 11) is 0. The van der Waals surface area contributed by atoms with Crippen LogP contribution in [0.15, 0.2) is 12.2 Å². The van der Waals surface area contributed by atoms with Gasteiger partial charge in [-0.3, -0.25) is 4.79 Å². The predicted octanol–water partition coefficient (Wildman–Crippen LogP) is 0.902. The van der Waals surface area contributed by atoms with E-state index in [9.17, 15) is 4.79 Å². The van der Waals surface area contributed by atoms with E-state index in [-0.39, 0.29) is 12.2 Å². The SMILES string of the molecule is C=C(C)[C@H](O)CC(C)=O. The smallest absolute Gasteiger partial charge is 0.132 e. The highest BCUT2D eigenvalue weighted by molar-refractivity contribution is 5.76. The predicted molar refractivity (Wildman–Crippen MR) is 36.1 cm³/mol. The molecular weight excluding hydrogens is 116 g/mol. The van der Waals surface area contributed by atoms with E-state index in [1.54, 1.807) is 6.92 Å². The molecular formula is C7H12O2. The van der Waals surface area contributed by atoms with Gasteiger partial charge >= 0.3 is 0 Å². The molecule has 1 atom stereocenters. The molecule has 0 aliphatic carbocycles. The molecule has 0 heterocycles. The Balaban J connectivity index is 3.63. The van der Waals surface area contributed by atoms with Crippen LogP contribution in [-0.4, -0.2) is 17.0 Å². The first-order valence-corrected chi connectivity index (χ1v) is 2.87. The fourth-order valence-electron chi connectivity index (χ4n) is 0.447. The van der Waals surface area contributed by atoms with Crippen LogP contribution >= 0.6 is 0 Å². The Morgan fingerprint density at radius 2 is 2.11 bits per heavy atom. The minimum absolute atomic E-state index is 0.00880. The second kappa shape index (κ2) is 3.41. The molecule has 0 rings (SSSR count). The van der Waals surface area contributed by atoms with E-state index in [0.29, 0.717) is 5.57 Å². The Morgan fingerprint density at radius 3 is 2.22 bits per heavy atom. The van der Waals surface area contributed by atoms with E-state index in [0.717, 1.165) is 0 Å². The van der Waals surface area contributed by atoms with E-state index >= 15 is 0 Å². The first-order valence-electron chi connectivity index (χ1n) is 2.87. The van der Waals surface area contributed by atoms with Crippen molar-refractivity contribution < 1.29 is 9.90 Å². The quantitative estimate of drug-likeness (QED) is 0.573. The lowest BCUT2D eigenvalue weighted by Crippen LogP contribution is -2.11. The molecule has 0 fully saturated rings. The monoisotopic (exact) mass is 128 g/mol. The van der Waals surface area contributed by atoms with Crippen LogP contribution in [0.3, 0.4) is 0 Å². The van der Waals surface area contributed by atoms with Gasteiger partial charge in [0.25, 0.3) is 0 Å². The number of aliphatic hydroxyl groups excluding tert-OH is 1. The molecule has 0 aromatic rings. The average Bonchev–Trinajstić information content (AvgIpc) is 1.63. The number of hydrogen-bond acceptors (Lipinski definition) is 2. The third-order valence-corrected chi connectivity index (χ3v) is 1.05. The minimum Gasteiger partial charge on any atom is -0.388 e. The zero-order valence-corrected chi connectivity index (χ0v) is 5.85. The molecule has 0 aliphatic rings. The topological polar surface area (TPSA) is 37.3 Å². The number of Topliss-reactive ketones (excluding diaryl/α,β-unsaturated/α-hetero) is 1. The third kappa shape index (κ3) is 3.91. The summed E-state index contributed by atoms with van der Waals surface area (Å²) in [5.41, 5.74) is 0.644. The first kappa shape index (κ1) is 8.37. The summed E-state index contributed by atoms with van der Waals surface area (Å²) in [6, 6.07) is 0. The highest BCUT2D eigenvalue weighted by Crippen LogP contribution is 2.01. The second-order valence-electron chi connectivity index (χ2n) is 2.27. The van der Waals surface area contributed by atoms with Crippen molar-refractivity contribution in [1.29, 1.82) is 0 Å². The Kier molecular flexibility index (Phi) is 3.17. The number of hydrogen-bond donors (Lipinski definition) is 1. The summed E-state index contributed by atoms with van der Waals surface area (Å²) in [5.74, 6) is -0.00880. The molecule has 0 aromatic carbocycles. The molecule has 2 heteroatoms. The molecule has 1 N–H and O–H groups in total. The molecule has 0 unspecified atom stereocenters. The Bertz CT molecular complexity index is 127. The van der Waals surface area contributed by atoms with Crippen molar-refractivity contribution in [3.63, 3.8) is 0 Å². The van der Waals surface area contributed by atoms with Gasteiger partial charge in [-0.05, 0) is 13.8 Å². The fraction of sp³-hybridized carbons (Fsp3) is 0.571. The zero-order valence-electron chi connectivity index (χ0n) is 5.85. The van der Waals surface area contributed by atoms with Crippen molar-refractivity contribution in [2.75, 3.05) is 0 Å². The van der Waals surface area contributed by atoms with Crippen LogP contribution in [-0.2, 0) is 4.79 Å². The molecule has 0 radical (unpaired) electrons. The summed E-state index contributed by atoms with van der Waals surface area (Å²) >= 11 is 0. The van der Waals surface area contributed by atoms with Crippen molar-refractivity contribution in [3.8, 4) is 0 Å². The number of carbonyl (C=O) groups is 1. The Labute approximate surface area is 55.2 Å². The van der Waals surface area contributed by atoms with Crippen LogP contribution in [0.5, 0.6) is 0 Å². The number of aliphatic hydroxyl groups is 1. The van der Waals surface area contributed by atoms with E-state index in [1.165, 1.54) is 6.92 Å². The normalized spacial score (nSPS) is 12.8. The molecule has 0 bridgehead atoms. The third-order valence-electron chi connectivity index (χ3n) is 1.05. The molecule has 0 saturated carbocycles. The number of carbonyl (C=O) groups excluding carboxylic acids is 1. The molecule has 0 spiro atoms. The largest absolute Gasteiger partial charge is 0.388 e. The Hall–Kier alpha value is -0.630. The first-order chi connectivity index (χ1) is 4.04. The maximum Gasteiger partial charge on any atom is 0.132 e. The second-order valence-corrected chi connectivity index (χ2v) is 2.27. The summed E-state index contributed by atoms with van der Waals surface area (Å²) in [6.45, 7) is 6.66. The molecule has 0 aromatic heterocycles. The average molecular weight is 128 g/mol. The molecule has 9 heavy (non-hydrogen) atoms. The molecule has 0 amide bonds. The highest BCUT2D eigenvalue weighted by atomic mass is 16.3. The maximum absolute atomic E-state index is 10.4. The van der Waals surface area contributed by atoms with Crippen molar-refractivity contribution in [2.24, 2.45) is 0 Å². The van der Waals surface area contributed by atoms with Gasteiger partial charge in [0, 0.05) is 6.42 Å². The lowest BCUT2D eigenvalue weighted by Gasteiger charge is -2.05. The van der Waals surface area contributed by atoms with E-state index < -0.39 is 6.10 Å². The van der Waals surface area contributed by atoms with Crippen LogP contribution in [0.2, 0.25) is 0 Å². The summed E-state index contributed by atoms with van der Waals surface area (Å²) in [4.78, 5) is 10.4. The van der Waals surface area contributed by atoms with Crippen LogP contribution in [0, 0.1) is 0 Å². The van der Waals surface area contributed by atoms with Gasteiger partial charge in [0.15, 0.2) is 0 Å². The molecule has 0 aliphatic heterocycles. The van der Waals surface area contributed by atoms with Crippen LogP contribution < -0.4 is 0 Å². The van der Waals surface area contributed by atoms with E-state index in [2.05, 4.69) is 6.58 Å². The van der Waals surface area contributed by atoms with Crippen molar-refractivity contribution in [1.82, 2.24) is 0 Å². The summed E-state index contributed by atoms with van der Waals surface area (Å²) in [5, 5.41) is 8.98. The summed E-state index contributed by atoms with van der Waals surface area (Å²) in [6.07, 6.45) is -0.461. The van der Waals surface area contributed by atoms with Gasteiger partial charge in [-0.2, -0.15) is 0 Å². The number of rotatable bonds is 3. The van der Waals surface area contributed by atoms with Gasteiger partial charge in [-0.15, -0.1) is 0 Å². The minimum atomic E-state index is -0.650. The fourth-order valence-corrected chi connectivity index (χ4v) is 0.447. The molecule has 2 nitrogen and oxygen atoms in total. The standard InChI is InChI=1S/C7H12O2/c1-5(2)7(9)4-6(3)8/h7,9H,1,4H2,2-3H3/t7-/m1/s1. The van der Waals surface area contributed by atoms with E-state index in [4.69, 9.17) is 5.11 Å². The van der Waals surface area contributed by atoms with Crippen molar-refractivity contribution >= 4 is 5.78 Å². The van der Waals surface area contributed by atoms with Crippen molar-refractivity contribution in [3.05, 3.63) is 12.2 Å². The Morgan fingerprint density at radius 1 is 1.67 bits per heavy atom. The van der Waals surface area contributed by atoms with Gasteiger partial charge in [0.2, 0.25) is 0 Å². The van der Waals surface area contributed by atoms with Gasteiger partial charge in [0.1, 0.15) is 5.78 Å². The zero-order chi connectivity index (χ0) is 7.44. The van der Waals surface area contributed by atoms with Crippen LogP contribution in [0.1, 0.15) is 20.3 Å². The molecule has 0 saturated heterocycles. The van der Waals surface area contributed by atoms with Gasteiger partial charge in [-0.1, -0.05) is 12.2 Å².